The molecule has 1 N–H and O–H groups in total. The fourth-order valence-corrected chi connectivity index (χ4v) is 4.41. The molecule has 0 spiro atoms. The molecule has 1 aliphatic carbocycles. The number of amides is 1. The van der Waals surface area contributed by atoms with Gasteiger partial charge in [-0.2, -0.15) is 5.26 Å². The van der Waals surface area contributed by atoms with E-state index in [1.165, 1.54) is 12.8 Å². The van der Waals surface area contributed by atoms with Crippen molar-refractivity contribution in [1.82, 2.24) is 19.9 Å². The lowest BCUT2D eigenvalue weighted by Gasteiger charge is -2.30. The smallest absolute Gasteiger partial charge is 0.227 e. The van der Waals surface area contributed by atoms with Crippen molar-refractivity contribution in [3.05, 3.63) is 35.8 Å². The summed E-state index contributed by atoms with van der Waals surface area (Å²) in [5, 5.41) is 13.4. The van der Waals surface area contributed by atoms with Crippen LogP contribution in [-0.4, -0.2) is 39.7 Å². The van der Waals surface area contributed by atoms with Crippen LogP contribution in [0.5, 0.6) is 0 Å². The molecule has 1 saturated carbocycles. The van der Waals surface area contributed by atoms with E-state index >= 15 is 0 Å². The van der Waals surface area contributed by atoms with E-state index in [9.17, 15) is 10.1 Å². The lowest BCUT2D eigenvalue weighted by Crippen LogP contribution is -2.30. The molecule has 0 radical (unpaired) electrons. The average Bonchev–Trinajstić information content (AvgIpc) is 3.51. The molecule has 3 heterocycles. The predicted octanol–water partition coefficient (Wildman–Crippen LogP) is 3.26. The summed E-state index contributed by atoms with van der Waals surface area (Å²) in [6.07, 6.45) is 6.31. The van der Waals surface area contributed by atoms with Crippen LogP contribution in [0.1, 0.15) is 50.0 Å². The van der Waals surface area contributed by atoms with Crippen LogP contribution in [0.25, 0.3) is 21.9 Å². The van der Waals surface area contributed by atoms with Crippen molar-refractivity contribution in [2.24, 2.45) is 5.92 Å². The number of hydrogen-bond donors (Lipinski definition) is 1. The van der Waals surface area contributed by atoms with Gasteiger partial charge in [0.15, 0.2) is 0 Å². The molecule has 1 aromatic carbocycles. The Labute approximate surface area is 175 Å². The van der Waals surface area contributed by atoms with E-state index in [1.54, 1.807) is 12.3 Å². The zero-order valence-corrected chi connectivity index (χ0v) is 17.1. The first-order valence-electron chi connectivity index (χ1n) is 10.7. The van der Waals surface area contributed by atoms with Crippen molar-refractivity contribution in [2.45, 2.75) is 51.2 Å². The third kappa shape index (κ3) is 3.63. The van der Waals surface area contributed by atoms with Crippen molar-refractivity contribution >= 4 is 27.8 Å². The van der Waals surface area contributed by atoms with E-state index in [0.29, 0.717) is 18.1 Å². The Morgan fingerprint density at radius 2 is 2.20 bits per heavy atom. The summed E-state index contributed by atoms with van der Waals surface area (Å²) in [7, 11) is 0. The Hall–Kier alpha value is -2.98. The first kappa shape index (κ1) is 19.0. The summed E-state index contributed by atoms with van der Waals surface area (Å²) >= 11 is 0. The molecule has 154 valence electrons. The van der Waals surface area contributed by atoms with Gasteiger partial charge in [-0.05, 0) is 56.7 Å². The van der Waals surface area contributed by atoms with Crippen LogP contribution in [0.3, 0.4) is 0 Å². The predicted molar refractivity (Wildman–Crippen MR) is 113 cm³/mol. The third-order valence-electron chi connectivity index (χ3n) is 6.14. The van der Waals surface area contributed by atoms with Gasteiger partial charge in [-0.25, -0.2) is 4.98 Å². The van der Waals surface area contributed by atoms with E-state index in [2.05, 4.69) is 27.9 Å². The second-order valence-electron chi connectivity index (χ2n) is 8.52. The molecule has 7 nitrogen and oxygen atoms in total. The molecule has 2 aromatic heterocycles. The first-order valence-corrected chi connectivity index (χ1v) is 10.7. The Kier molecular flexibility index (Phi) is 4.87. The SMILES string of the molecule is C[C@@H]1CC(n2c(CC(=O)NCC3CC3)nc3cnc4ccc(C#N)cc4c32)CCO1. The summed E-state index contributed by atoms with van der Waals surface area (Å²) in [4.78, 5) is 22.0. The monoisotopic (exact) mass is 403 g/mol. The standard InChI is InChI=1S/C23H25N5O2/c1-14-8-17(6-7-30-14)28-21(10-22(29)26-12-15-2-3-15)27-20-13-25-19-5-4-16(11-24)9-18(19)23(20)28/h4-5,9,13-15,17H,2-3,6-8,10,12H2,1H3,(H,26,29)/t14-,17?/m1/s1. The van der Waals surface area contributed by atoms with Gasteiger partial charge in [-0.1, -0.05) is 0 Å². The minimum Gasteiger partial charge on any atom is -0.378 e. The van der Waals surface area contributed by atoms with Crippen LogP contribution < -0.4 is 5.32 Å². The summed E-state index contributed by atoms with van der Waals surface area (Å²) in [6, 6.07) is 7.95. The highest BCUT2D eigenvalue weighted by atomic mass is 16.5. The molecule has 7 heteroatoms. The van der Waals surface area contributed by atoms with Crippen LogP contribution in [0.15, 0.2) is 24.4 Å². The molecule has 1 unspecified atom stereocenters. The second-order valence-corrected chi connectivity index (χ2v) is 8.52. The topological polar surface area (TPSA) is 92.8 Å². The van der Waals surface area contributed by atoms with Gasteiger partial charge in [-0.15, -0.1) is 0 Å². The Balaban J connectivity index is 1.62. The van der Waals surface area contributed by atoms with Crippen molar-refractivity contribution in [3.8, 4) is 6.07 Å². The maximum Gasteiger partial charge on any atom is 0.227 e. The summed E-state index contributed by atoms with van der Waals surface area (Å²) in [5.74, 6) is 1.41. The fraction of sp³-hybridized carbons (Fsp3) is 0.478. The summed E-state index contributed by atoms with van der Waals surface area (Å²) in [5.41, 5.74) is 3.14. The zero-order chi connectivity index (χ0) is 20.7. The summed E-state index contributed by atoms with van der Waals surface area (Å²) < 4.78 is 7.99. The van der Waals surface area contributed by atoms with Crippen molar-refractivity contribution in [1.29, 1.82) is 5.26 Å². The van der Waals surface area contributed by atoms with Gasteiger partial charge >= 0.3 is 0 Å². The highest BCUT2D eigenvalue weighted by Gasteiger charge is 2.28. The maximum atomic E-state index is 12.6. The number of rotatable bonds is 5. The number of fused-ring (bicyclic) bond motifs is 3. The number of ether oxygens (including phenoxy) is 1. The molecule has 3 aromatic rings. The quantitative estimate of drug-likeness (QED) is 0.706. The van der Waals surface area contributed by atoms with Crippen molar-refractivity contribution < 1.29 is 9.53 Å². The number of hydrogen-bond acceptors (Lipinski definition) is 5. The molecule has 1 saturated heterocycles. The minimum absolute atomic E-state index is 0.00791. The highest BCUT2D eigenvalue weighted by Crippen LogP contribution is 2.34. The van der Waals surface area contributed by atoms with E-state index in [4.69, 9.17) is 9.72 Å². The van der Waals surface area contributed by atoms with Gasteiger partial charge in [0.1, 0.15) is 11.3 Å². The summed E-state index contributed by atoms with van der Waals surface area (Å²) in [6.45, 7) is 3.52. The Morgan fingerprint density at radius 1 is 1.33 bits per heavy atom. The highest BCUT2D eigenvalue weighted by molar-refractivity contribution is 6.03. The van der Waals surface area contributed by atoms with Gasteiger partial charge in [0, 0.05) is 24.6 Å². The number of carbonyl (C=O) groups is 1. The van der Waals surface area contributed by atoms with Crippen molar-refractivity contribution in [3.63, 3.8) is 0 Å². The number of nitrogens with one attached hydrogen (secondary N) is 1. The number of nitriles is 1. The molecular formula is C23H25N5O2. The van der Waals surface area contributed by atoms with Crippen LogP contribution in [0.4, 0.5) is 0 Å². The van der Waals surface area contributed by atoms with Crippen LogP contribution in [-0.2, 0) is 16.0 Å². The Morgan fingerprint density at radius 3 is 2.97 bits per heavy atom. The van der Waals surface area contributed by atoms with Gasteiger partial charge < -0.3 is 14.6 Å². The van der Waals surface area contributed by atoms with Gasteiger partial charge in [0.2, 0.25) is 5.91 Å². The number of benzene rings is 1. The molecule has 5 rings (SSSR count). The fourth-order valence-electron chi connectivity index (χ4n) is 4.41. The van der Waals surface area contributed by atoms with Gasteiger partial charge in [0.05, 0.1) is 41.4 Å². The lowest BCUT2D eigenvalue weighted by atomic mass is 10.0. The molecule has 2 fully saturated rings. The largest absolute Gasteiger partial charge is 0.378 e. The molecule has 2 atom stereocenters. The van der Waals surface area contributed by atoms with E-state index in [-0.39, 0.29) is 24.5 Å². The number of carbonyl (C=O) groups excluding carboxylic acids is 1. The Bertz CT molecular complexity index is 1160. The number of imidazole rings is 1. The second kappa shape index (κ2) is 7.69. The molecule has 30 heavy (non-hydrogen) atoms. The van der Waals surface area contributed by atoms with Crippen LogP contribution >= 0.6 is 0 Å². The van der Waals surface area contributed by atoms with E-state index in [0.717, 1.165) is 47.1 Å². The van der Waals surface area contributed by atoms with Gasteiger partial charge in [-0.3, -0.25) is 9.78 Å². The normalized spacial score (nSPS) is 21.6. The zero-order valence-electron chi connectivity index (χ0n) is 17.1. The van der Waals surface area contributed by atoms with Crippen LogP contribution in [0.2, 0.25) is 0 Å². The molecule has 2 aliphatic rings. The minimum atomic E-state index is 0.00791. The van der Waals surface area contributed by atoms with Crippen LogP contribution in [0, 0.1) is 17.2 Å². The molecule has 0 bridgehead atoms. The number of pyridine rings is 1. The number of aromatic nitrogens is 3. The number of nitrogens with zero attached hydrogens (tertiary/aromatic N) is 4. The van der Waals surface area contributed by atoms with Gasteiger partial charge in [0.25, 0.3) is 0 Å². The van der Waals surface area contributed by atoms with E-state index < -0.39 is 0 Å². The van der Waals surface area contributed by atoms with E-state index in [1.807, 2.05) is 12.1 Å². The lowest BCUT2D eigenvalue weighted by molar-refractivity contribution is -0.120. The molecule has 1 aliphatic heterocycles. The molecule has 1 amide bonds. The molecular weight excluding hydrogens is 378 g/mol. The maximum absolute atomic E-state index is 12.6. The van der Waals surface area contributed by atoms with Crippen molar-refractivity contribution in [2.75, 3.05) is 13.2 Å². The average molecular weight is 403 g/mol. The first-order chi connectivity index (χ1) is 14.6. The third-order valence-corrected chi connectivity index (χ3v) is 6.14.